The number of aliphatic hydroxyl groups excluding tert-OH is 1. The van der Waals surface area contributed by atoms with Crippen LogP contribution in [-0.2, 0) is 6.61 Å². The summed E-state index contributed by atoms with van der Waals surface area (Å²) in [6.07, 6.45) is 0. The molecule has 2 aromatic rings. The molecule has 0 aliphatic heterocycles. The molecule has 0 aliphatic carbocycles. The number of nitrogens with one attached hydrogen (secondary N) is 2. The normalized spacial score (nSPS) is 10.2. The summed E-state index contributed by atoms with van der Waals surface area (Å²) in [5, 5.41) is 19.2. The fraction of sp³-hybridized carbons (Fsp3) is 0.200. The summed E-state index contributed by atoms with van der Waals surface area (Å²) < 4.78 is 5.08. The second-order valence-corrected chi connectivity index (χ2v) is 4.46. The third-order valence-corrected chi connectivity index (χ3v) is 2.94. The maximum atomic E-state index is 9.99. The number of rotatable bonds is 5. The molecular weight excluding hydrogens is 256 g/mol. The van der Waals surface area contributed by atoms with Gasteiger partial charge in [-0.2, -0.15) is 0 Å². The van der Waals surface area contributed by atoms with Crippen LogP contribution in [0.15, 0.2) is 36.4 Å². The van der Waals surface area contributed by atoms with Gasteiger partial charge in [0.2, 0.25) is 0 Å². The minimum Gasteiger partial charge on any atom is -0.505 e. The monoisotopic (exact) mass is 274 g/mol. The third-order valence-electron chi connectivity index (χ3n) is 2.94. The van der Waals surface area contributed by atoms with Crippen LogP contribution in [0.1, 0.15) is 11.1 Å². The second-order valence-electron chi connectivity index (χ2n) is 4.46. The largest absolute Gasteiger partial charge is 0.505 e. The van der Waals surface area contributed by atoms with Crippen molar-refractivity contribution in [1.29, 1.82) is 0 Å². The Bertz CT molecular complexity index is 582. The number of methoxy groups -OCH3 is 1. The number of benzene rings is 2. The first-order valence-corrected chi connectivity index (χ1v) is 6.23. The number of aromatic hydroxyl groups is 1. The average Bonchev–Trinajstić information content (AvgIpc) is 2.48. The lowest BCUT2D eigenvalue weighted by atomic mass is 10.1. The fourth-order valence-corrected chi connectivity index (χ4v) is 1.88. The van der Waals surface area contributed by atoms with Crippen LogP contribution < -0.4 is 15.6 Å². The Labute approximate surface area is 117 Å². The predicted octanol–water partition coefficient (Wildman–Crippen LogP) is 2.64. The maximum Gasteiger partial charge on any atom is 0.145 e. The average molecular weight is 274 g/mol. The third kappa shape index (κ3) is 3.13. The molecule has 0 saturated carbocycles. The Hall–Kier alpha value is -2.40. The summed E-state index contributed by atoms with van der Waals surface area (Å²) >= 11 is 0. The molecule has 0 atom stereocenters. The first kappa shape index (κ1) is 14.0. The van der Waals surface area contributed by atoms with E-state index in [0.29, 0.717) is 11.3 Å². The van der Waals surface area contributed by atoms with Gasteiger partial charge in [0.25, 0.3) is 0 Å². The van der Waals surface area contributed by atoms with Gasteiger partial charge in [0.15, 0.2) is 0 Å². The van der Waals surface area contributed by atoms with Crippen LogP contribution in [0.25, 0.3) is 0 Å². The first-order chi connectivity index (χ1) is 9.63. The van der Waals surface area contributed by atoms with Crippen LogP contribution in [0, 0.1) is 6.92 Å². The molecule has 0 fully saturated rings. The van der Waals surface area contributed by atoms with Crippen molar-refractivity contribution in [3.63, 3.8) is 0 Å². The van der Waals surface area contributed by atoms with Gasteiger partial charge >= 0.3 is 0 Å². The van der Waals surface area contributed by atoms with Crippen molar-refractivity contribution in [2.45, 2.75) is 13.5 Å². The molecule has 0 aromatic heterocycles. The highest BCUT2D eigenvalue weighted by molar-refractivity contribution is 5.64. The summed E-state index contributed by atoms with van der Waals surface area (Å²) in [6.45, 7) is 1.70. The van der Waals surface area contributed by atoms with Crippen molar-refractivity contribution in [2.24, 2.45) is 0 Å². The van der Waals surface area contributed by atoms with Crippen LogP contribution in [0.4, 0.5) is 11.4 Å². The highest BCUT2D eigenvalue weighted by atomic mass is 16.5. The van der Waals surface area contributed by atoms with E-state index in [1.54, 1.807) is 19.2 Å². The van der Waals surface area contributed by atoms with E-state index < -0.39 is 0 Å². The van der Waals surface area contributed by atoms with E-state index in [-0.39, 0.29) is 12.4 Å². The summed E-state index contributed by atoms with van der Waals surface area (Å²) in [5.74, 6) is 0.815. The standard InChI is InChI=1S/C15H18N2O3/c1-10-7-11(9-18)15(19)14(8-10)17-16-12-3-5-13(20-2)6-4-12/h3-8,16-19H,9H2,1-2H3. The molecule has 2 rings (SSSR count). The van der Waals surface area contributed by atoms with Crippen molar-refractivity contribution < 1.29 is 14.9 Å². The lowest BCUT2D eigenvalue weighted by molar-refractivity contribution is 0.275. The Kier molecular flexibility index (Phi) is 4.32. The highest BCUT2D eigenvalue weighted by Gasteiger charge is 2.07. The molecule has 0 unspecified atom stereocenters. The molecule has 0 bridgehead atoms. The van der Waals surface area contributed by atoms with Crippen LogP contribution in [0.2, 0.25) is 0 Å². The van der Waals surface area contributed by atoms with E-state index in [1.807, 2.05) is 31.2 Å². The zero-order chi connectivity index (χ0) is 14.5. The van der Waals surface area contributed by atoms with Gasteiger partial charge in [-0.05, 0) is 48.9 Å². The number of ether oxygens (including phenoxy) is 1. The van der Waals surface area contributed by atoms with Crippen molar-refractivity contribution in [3.8, 4) is 11.5 Å². The zero-order valence-corrected chi connectivity index (χ0v) is 11.5. The Morgan fingerprint density at radius 3 is 2.40 bits per heavy atom. The molecule has 5 nitrogen and oxygen atoms in total. The number of hydrogen-bond donors (Lipinski definition) is 4. The molecule has 0 saturated heterocycles. The number of phenols is 1. The Balaban J connectivity index is 2.11. The fourth-order valence-electron chi connectivity index (χ4n) is 1.88. The molecular formula is C15H18N2O3. The molecule has 106 valence electrons. The number of aliphatic hydroxyl groups is 1. The van der Waals surface area contributed by atoms with E-state index in [4.69, 9.17) is 4.74 Å². The van der Waals surface area contributed by atoms with Gasteiger partial charge in [0.05, 0.1) is 25.1 Å². The molecule has 4 N–H and O–H groups in total. The quantitative estimate of drug-likeness (QED) is 0.498. The predicted molar refractivity (Wildman–Crippen MR) is 79.0 cm³/mol. The van der Waals surface area contributed by atoms with Crippen LogP contribution >= 0.6 is 0 Å². The molecule has 0 heterocycles. The van der Waals surface area contributed by atoms with Crippen LogP contribution in [0.5, 0.6) is 11.5 Å². The molecule has 0 aliphatic rings. The number of anilines is 2. The number of aryl methyl sites for hydroxylation is 1. The van der Waals surface area contributed by atoms with Crippen molar-refractivity contribution in [2.75, 3.05) is 18.0 Å². The summed E-state index contributed by atoms with van der Waals surface area (Å²) in [6, 6.07) is 10.9. The highest BCUT2D eigenvalue weighted by Crippen LogP contribution is 2.29. The maximum absolute atomic E-state index is 9.99. The van der Waals surface area contributed by atoms with Crippen molar-refractivity contribution in [1.82, 2.24) is 0 Å². The molecule has 0 spiro atoms. The van der Waals surface area contributed by atoms with E-state index in [0.717, 1.165) is 17.0 Å². The lowest BCUT2D eigenvalue weighted by Crippen LogP contribution is -2.09. The minimum absolute atomic E-state index is 0.0408. The van der Waals surface area contributed by atoms with E-state index in [2.05, 4.69) is 10.9 Å². The summed E-state index contributed by atoms with van der Waals surface area (Å²) in [4.78, 5) is 0. The van der Waals surface area contributed by atoms with Crippen LogP contribution in [-0.4, -0.2) is 17.3 Å². The molecule has 0 amide bonds. The SMILES string of the molecule is COc1ccc(NNc2cc(C)cc(CO)c2O)cc1. The van der Waals surface area contributed by atoms with Crippen molar-refractivity contribution >= 4 is 11.4 Å². The molecule has 0 radical (unpaired) electrons. The van der Waals surface area contributed by atoms with Gasteiger partial charge in [-0.25, -0.2) is 0 Å². The molecule has 2 aromatic carbocycles. The number of hydrogen-bond acceptors (Lipinski definition) is 5. The van der Waals surface area contributed by atoms with Crippen LogP contribution in [0.3, 0.4) is 0 Å². The van der Waals surface area contributed by atoms with Gasteiger partial charge in [-0.1, -0.05) is 0 Å². The van der Waals surface area contributed by atoms with E-state index >= 15 is 0 Å². The molecule has 20 heavy (non-hydrogen) atoms. The smallest absolute Gasteiger partial charge is 0.145 e. The Morgan fingerprint density at radius 1 is 1.10 bits per heavy atom. The number of hydrazine groups is 1. The summed E-state index contributed by atoms with van der Waals surface area (Å²) in [7, 11) is 1.61. The van der Waals surface area contributed by atoms with Gasteiger partial charge in [0.1, 0.15) is 11.5 Å². The molecule has 5 heteroatoms. The first-order valence-electron chi connectivity index (χ1n) is 6.23. The zero-order valence-electron chi connectivity index (χ0n) is 11.5. The second kappa shape index (κ2) is 6.16. The van der Waals surface area contributed by atoms with Gasteiger partial charge in [-0.3, -0.25) is 5.43 Å². The van der Waals surface area contributed by atoms with Gasteiger partial charge in [0, 0.05) is 5.56 Å². The van der Waals surface area contributed by atoms with Gasteiger partial charge in [-0.15, -0.1) is 0 Å². The van der Waals surface area contributed by atoms with E-state index in [9.17, 15) is 10.2 Å². The summed E-state index contributed by atoms with van der Waals surface area (Å²) in [5.41, 5.74) is 8.70. The van der Waals surface area contributed by atoms with Gasteiger partial charge < -0.3 is 20.4 Å². The van der Waals surface area contributed by atoms with E-state index in [1.165, 1.54) is 0 Å². The Morgan fingerprint density at radius 2 is 1.80 bits per heavy atom. The lowest BCUT2D eigenvalue weighted by Gasteiger charge is -2.14. The minimum atomic E-state index is -0.204. The van der Waals surface area contributed by atoms with Crippen molar-refractivity contribution in [3.05, 3.63) is 47.5 Å². The topological polar surface area (TPSA) is 73.8 Å².